The number of aryl methyl sites for hydroxylation is 1. The zero-order chi connectivity index (χ0) is 39.8. The van der Waals surface area contributed by atoms with E-state index in [1.807, 2.05) is 85.7 Å². The summed E-state index contributed by atoms with van der Waals surface area (Å²) < 4.78 is 96.9. The average molecular weight is 841 g/mol. The summed E-state index contributed by atoms with van der Waals surface area (Å²) in [5.74, 6) is -16.1. The number of halogens is 6. The Balaban J connectivity index is 1.59. The summed E-state index contributed by atoms with van der Waals surface area (Å²) in [7, 11) is 0. The Morgan fingerprint density at radius 1 is 0.630 bits per heavy atom. The number of thiophene rings is 5. The molecule has 5 aromatic rings. The molecule has 1 aliphatic carbocycles. The van der Waals surface area contributed by atoms with Gasteiger partial charge in [0.2, 0.25) is 0 Å². The lowest BCUT2D eigenvalue weighted by atomic mass is 9.92. The van der Waals surface area contributed by atoms with Gasteiger partial charge >= 0.3 is 17.8 Å². The van der Waals surface area contributed by atoms with Gasteiger partial charge in [0.15, 0.2) is 0 Å². The zero-order valence-corrected chi connectivity index (χ0v) is 35.5. The van der Waals surface area contributed by atoms with E-state index in [0.717, 1.165) is 42.2 Å². The van der Waals surface area contributed by atoms with Crippen LogP contribution in [0.15, 0.2) is 61.2 Å². The minimum Gasteiger partial charge on any atom is -0.237 e. The van der Waals surface area contributed by atoms with Crippen molar-refractivity contribution in [3.05, 3.63) is 91.8 Å². The van der Waals surface area contributed by atoms with Gasteiger partial charge in [-0.15, -0.1) is 63.3 Å². The van der Waals surface area contributed by atoms with Crippen molar-refractivity contribution in [2.75, 3.05) is 13.2 Å². The Kier molecular flexibility index (Phi) is 10.8. The topological polar surface area (TPSA) is 18.5 Å². The number of rotatable bonds is 12. The molecule has 0 saturated heterocycles. The van der Waals surface area contributed by atoms with Crippen molar-refractivity contribution in [3.8, 4) is 29.3 Å². The maximum atomic E-state index is 16.4. The number of alkyl halides is 6. The lowest BCUT2D eigenvalue weighted by Crippen LogP contribution is -2.48. The third-order valence-corrected chi connectivity index (χ3v) is 16.7. The Bertz CT molecular complexity index is 2220. The van der Waals surface area contributed by atoms with Crippen LogP contribution in [0.1, 0.15) is 86.0 Å². The van der Waals surface area contributed by atoms with Crippen LogP contribution in [-0.4, -0.2) is 31.0 Å². The molecule has 1 aliphatic rings. The molecular formula is C41H42F6O2S5. The molecule has 13 heteroatoms. The first kappa shape index (κ1) is 41.1. The molecule has 0 saturated carbocycles. The monoisotopic (exact) mass is 840 g/mol. The molecule has 290 valence electrons. The largest absolute Gasteiger partial charge is 0.380 e. The Hall–Kier alpha value is -2.52. The number of allylic oxidation sites excluding steroid dienone is 3. The zero-order valence-electron chi connectivity index (χ0n) is 31.4. The lowest BCUT2D eigenvalue weighted by molar-refractivity contribution is -0.298. The highest BCUT2D eigenvalue weighted by Crippen LogP contribution is 2.67. The van der Waals surface area contributed by atoms with Gasteiger partial charge in [-0.2, -0.15) is 26.3 Å². The van der Waals surface area contributed by atoms with Gasteiger partial charge in [-0.25, -0.2) is 9.78 Å². The molecule has 6 rings (SSSR count). The maximum absolute atomic E-state index is 16.4. The van der Waals surface area contributed by atoms with E-state index < -0.39 is 34.3 Å². The van der Waals surface area contributed by atoms with Crippen molar-refractivity contribution in [2.45, 2.75) is 96.3 Å². The molecule has 0 aliphatic heterocycles. The van der Waals surface area contributed by atoms with E-state index in [1.165, 1.54) is 53.1 Å². The molecule has 0 aromatic carbocycles. The third-order valence-electron chi connectivity index (χ3n) is 9.56. The Labute approximate surface area is 332 Å². The summed E-state index contributed by atoms with van der Waals surface area (Å²) >= 11 is 6.42. The molecule has 0 spiro atoms. The molecular weight excluding hydrogens is 799 g/mol. The molecule has 5 heterocycles. The summed E-state index contributed by atoms with van der Waals surface area (Å²) in [6.07, 6.45) is 1.80. The second-order valence-corrected chi connectivity index (χ2v) is 21.2. The van der Waals surface area contributed by atoms with Crippen molar-refractivity contribution in [1.29, 1.82) is 0 Å². The van der Waals surface area contributed by atoms with Gasteiger partial charge in [0.05, 0.1) is 18.1 Å². The highest BCUT2D eigenvalue weighted by molar-refractivity contribution is 7.27. The van der Waals surface area contributed by atoms with Crippen LogP contribution in [-0.2, 0) is 26.0 Å². The Morgan fingerprint density at radius 2 is 1.13 bits per heavy atom. The SMILES string of the molecule is C=CC(C)(C)c1ccc(-c2cc(C3=C(c4cc(-c5ccc(C(C)(C)COOCC)s5)sc4-c4ccc(C(C)(C)C)s4)C(F)(F)C(F)(F)C3(F)F)c(C)s2)s1. The van der Waals surface area contributed by atoms with Gasteiger partial charge in [0.25, 0.3) is 0 Å². The summed E-state index contributed by atoms with van der Waals surface area (Å²) in [5, 5.41) is 0. The first-order valence-electron chi connectivity index (χ1n) is 17.3. The number of hydrogen-bond acceptors (Lipinski definition) is 7. The smallest absolute Gasteiger partial charge is 0.237 e. The molecule has 54 heavy (non-hydrogen) atoms. The fraction of sp³-hybridized carbons (Fsp3) is 0.415. The van der Waals surface area contributed by atoms with Crippen molar-refractivity contribution < 1.29 is 36.1 Å². The summed E-state index contributed by atoms with van der Waals surface area (Å²) in [6, 6.07) is 13.9. The van der Waals surface area contributed by atoms with E-state index in [4.69, 9.17) is 9.78 Å². The molecule has 0 N–H and O–H groups in total. The molecule has 5 aromatic heterocycles. The second-order valence-electron chi connectivity index (χ2n) is 15.6. The summed E-state index contributed by atoms with van der Waals surface area (Å²) in [4.78, 5) is 16.7. The van der Waals surface area contributed by atoms with E-state index in [0.29, 0.717) is 26.1 Å². The van der Waals surface area contributed by atoms with Gasteiger partial charge < -0.3 is 0 Å². The van der Waals surface area contributed by atoms with E-state index in [1.54, 1.807) is 12.1 Å². The van der Waals surface area contributed by atoms with Crippen molar-refractivity contribution >= 4 is 67.8 Å². The fourth-order valence-corrected chi connectivity index (χ4v) is 11.9. The highest BCUT2D eigenvalue weighted by Gasteiger charge is 2.80. The summed E-state index contributed by atoms with van der Waals surface area (Å²) in [5.41, 5.74) is -4.44. The van der Waals surface area contributed by atoms with Crippen LogP contribution in [0.3, 0.4) is 0 Å². The van der Waals surface area contributed by atoms with Gasteiger partial charge in [-0.05, 0) is 73.4 Å². The summed E-state index contributed by atoms with van der Waals surface area (Å²) in [6.45, 7) is 21.8. The fourth-order valence-electron chi connectivity index (χ4n) is 6.12. The molecule has 2 nitrogen and oxygen atoms in total. The van der Waals surface area contributed by atoms with Crippen LogP contribution in [0.4, 0.5) is 26.3 Å². The van der Waals surface area contributed by atoms with Gasteiger partial charge in [-0.1, -0.05) is 54.5 Å². The predicted molar refractivity (Wildman–Crippen MR) is 217 cm³/mol. The quantitative estimate of drug-likeness (QED) is 0.0410. The molecule has 0 fully saturated rings. The van der Waals surface area contributed by atoms with Gasteiger partial charge in [0, 0.05) is 71.4 Å². The third kappa shape index (κ3) is 6.94. The van der Waals surface area contributed by atoms with Crippen LogP contribution < -0.4 is 0 Å². The van der Waals surface area contributed by atoms with E-state index in [9.17, 15) is 0 Å². The first-order chi connectivity index (χ1) is 25.0. The van der Waals surface area contributed by atoms with Crippen molar-refractivity contribution in [1.82, 2.24) is 0 Å². The van der Waals surface area contributed by atoms with Crippen LogP contribution in [0.5, 0.6) is 0 Å². The molecule has 0 bridgehead atoms. The average Bonchev–Trinajstić information content (AvgIpc) is 3.91. The van der Waals surface area contributed by atoms with Crippen LogP contribution in [0.25, 0.3) is 40.4 Å². The Morgan fingerprint density at radius 3 is 1.70 bits per heavy atom. The molecule has 0 unspecified atom stereocenters. The molecule has 0 amide bonds. The maximum Gasteiger partial charge on any atom is 0.380 e. The predicted octanol–water partition coefficient (Wildman–Crippen LogP) is 15.1. The van der Waals surface area contributed by atoms with Crippen LogP contribution >= 0.6 is 56.7 Å². The van der Waals surface area contributed by atoms with Crippen LogP contribution in [0, 0.1) is 6.92 Å². The van der Waals surface area contributed by atoms with Gasteiger partial charge in [0.1, 0.15) is 0 Å². The highest BCUT2D eigenvalue weighted by atomic mass is 32.1. The van der Waals surface area contributed by atoms with E-state index in [2.05, 4.69) is 6.58 Å². The first-order valence-corrected chi connectivity index (χ1v) is 21.4. The van der Waals surface area contributed by atoms with Gasteiger partial charge in [-0.3, -0.25) is 0 Å². The molecule has 0 atom stereocenters. The molecule has 0 radical (unpaired) electrons. The minimum absolute atomic E-state index is 0.239. The van der Waals surface area contributed by atoms with E-state index >= 15 is 26.3 Å². The standard InChI is InChI=1S/C41H42F6O2S5/c1-11-37(7,8)31-17-13-25(51-31)28-19-23(22(3)50-28)33-34(40(44,45)41(46,47)39(33,42)43)24-20-29(54-35(24)27-15-16-30(53-27)36(4,5)6)26-14-18-32(52-26)38(9,10)21-49-48-12-2/h11,13-20H,1,12,21H2,2-10H3. The minimum atomic E-state index is -5.69. The normalized spacial score (nSPS) is 17.2. The second kappa shape index (κ2) is 14.1. The van der Waals surface area contributed by atoms with Crippen molar-refractivity contribution in [2.24, 2.45) is 0 Å². The van der Waals surface area contributed by atoms with Crippen molar-refractivity contribution in [3.63, 3.8) is 0 Å². The van der Waals surface area contributed by atoms with E-state index in [-0.39, 0.29) is 38.3 Å². The van der Waals surface area contributed by atoms with Crippen LogP contribution in [0.2, 0.25) is 0 Å². The lowest BCUT2D eigenvalue weighted by Gasteiger charge is -2.25. The number of hydrogen-bond donors (Lipinski definition) is 0.